The first-order valence-corrected chi connectivity index (χ1v) is 10.7. The molecule has 0 saturated carbocycles. The van der Waals surface area contributed by atoms with Crippen molar-refractivity contribution in [3.63, 3.8) is 0 Å². The molecule has 0 amide bonds. The maximum absolute atomic E-state index is 12.0. The lowest BCUT2D eigenvalue weighted by Crippen LogP contribution is -2.39. The van der Waals surface area contributed by atoms with E-state index in [-0.39, 0.29) is 5.97 Å². The van der Waals surface area contributed by atoms with E-state index in [4.69, 9.17) is 9.47 Å². The molecule has 1 N–H and O–H groups in total. The van der Waals surface area contributed by atoms with Gasteiger partial charge in [-0.2, -0.15) is 0 Å². The number of methoxy groups -OCH3 is 1. The first-order chi connectivity index (χ1) is 13.7. The maximum Gasteiger partial charge on any atom is 0.333 e. The van der Waals surface area contributed by atoms with Crippen LogP contribution >= 0.6 is 0 Å². The minimum Gasteiger partial charge on any atom is -0.466 e. The zero-order chi connectivity index (χ0) is 20.2. The summed E-state index contributed by atoms with van der Waals surface area (Å²) in [4.78, 5) is 14.5. The van der Waals surface area contributed by atoms with Gasteiger partial charge in [-0.05, 0) is 57.8 Å². The highest BCUT2D eigenvalue weighted by Gasteiger charge is 2.19. The molecule has 0 spiro atoms. The molecular formula is C23H36N2O3. The third kappa shape index (κ3) is 7.43. The lowest BCUT2D eigenvalue weighted by atomic mass is 9.98. The summed E-state index contributed by atoms with van der Waals surface area (Å²) in [5, 5.41) is 3.38. The lowest BCUT2D eigenvalue weighted by molar-refractivity contribution is -0.136. The molecule has 0 aliphatic carbocycles. The van der Waals surface area contributed by atoms with Crippen molar-refractivity contribution in [1.82, 2.24) is 10.2 Å². The van der Waals surface area contributed by atoms with Gasteiger partial charge in [0.15, 0.2) is 0 Å². The number of ether oxygens (including phenoxy) is 2. The van der Waals surface area contributed by atoms with Crippen LogP contribution < -0.4 is 5.32 Å². The highest BCUT2D eigenvalue weighted by Crippen LogP contribution is 2.16. The molecule has 0 atom stereocenters. The molecule has 0 aromatic rings. The van der Waals surface area contributed by atoms with E-state index in [0.29, 0.717) is 24.0 Å². The molecule has 5 nitrogen and oxygen atoms in total. The molecule has 156 valence electrons. The number of likely N-dealkylation sites (N-methyl/N-ethyl adjacent to an activating group) is 1. The van der Waals surface area contributed by atoms with Gasteiger partial charge in [0.2, 0.25) is 0 Å². The van der Waals surface area contributed by atoms with Crippen LogP contribution in [0, 0.1) is 17.8 Å². The van der Waals surface area contributed by atoms with E-state index in [1.165, 1.54) is 7.11 Å². The topological polar surface area (TPSA) is 50.8 Å². The largest absolute Gasteiger partial charge is 0.466 e. The van der Waals surface area contributed by atoms with Crippen LogP contribution in [-0.4, -0.2) is 63.4 Å². The molecule has 28 heavy (non-hydrogen) atoms. The van der Waals surface area contributed by atoms with Gasteiger partial charge in [-0.25, -0.2) is 4.79 Å². The van der Waals surface area contributed by atoms with Crippen LogP contribution in [-0.2, 0) is 14.3 Å². The van der Waals surface area contributed by atoms with Gasteiger partial charge in [0.05, 0.1) is 7.11 Å². The molecule has 2 saturated heterocycles. The predicted octanol–water partition coefficient (Wildman–Crippen LogP) is 2.93. The monoisotopic (exact) mass is 388 g/mol. The van der Waals surface area contributed by atoms with Gasteiger partial charge in [-0.1, -0.05) is 31.8 Å². The average Bonchev–Trinajstić information content (AvgIpc) is 2.76. The van der Waals surface area contributed by atoms with Gasteiger partial charge in [-0.15, -0.1) is 0 Å². The van der Waals surface area contributed by atoms with Crippen molar-refractivity contribution in [2.45, 2.75) is 52.0 Å². The van der Waals surface area contributed by atoms with E-state index in [1.807, 2.05) is 13.0 Å². The Morgan fingerprint density at radius 2 is 1.93 bits per heavy atom. The number of carbonyl (C=O) groups is 1. The van der Waals surface area contributed by atoms with Gasteiger partial charge in [0.25, 0.3) is 0 Å². The first-order valence-electron chi connectivity index (χ1n) is 10.7. The summed E-state index contributed by atoms with van der Waals surface area (Å²) < 4.78 is 10.4. The average molecular weight is 389 g/mol. The lowest BCUT2D eigenvalue weighted by Gasteiger charge is -2.32. The van der Waals surface area contributed by atoms with Crippen molar-refractivity contribution in [3.8, 4) is 11.8 Å². The van der Waals surface area contributed by atoms with Crippen LogP contribution in [0.25, 0.3) is 0 Å². The van der Waals surface area contributed by atoms with Gasteiger partial charge < -0.3 is 14.8 Å². The number of nitrogens with one attached hydrogen (secondary N) is 1. The molecular weight excluding hydrogens is 352 g/mol. The van der Waals surface area contributed by atoms with E-state index in [9.17, 15) is 4.79 Å². The number of carbonyl (C=O) groups excluding carboxylic acids is 1. The summed E-state index contributed by atoms with van der Waals surface area (Å²) in [5.74, 6) is 6.96. The first kappa shape index (κ1) is 22.7. The molecule has 2 fully saturated rings. The van der Waals surface area contributed by atoms with Crippen LogP contribution in [0.4, 0.5) is 0 Å². The van der Waals surface area contributed by atoms with Crippen molar-refractivity contribution < 1.29 is 14.3 Å². The third-order valence-electron chi connectivity index (χ3n) is 5.58. The fraction of sp³-hybridized carbons (Fsp3) is 0.696. The Kier molecular flexibility index (Phi) is 10.3. The molecule has 0 unspecified atom stereocenters. The Bertz CT molecular complexity index is 603. The zero-order valence-electron chi connectivity index (χ0n) is 17.8. The Hall–Kier alpha value is -1.61. The van der Waals surface area contributed by atoms with E-state index in [1.54, 1.807) is 0 Å². The van der Waals surface area contributed by atoms with Gasteiger partial charge in [-0.3, -0.25) is 4.90 Å². The van der Waals surface area contributed by atoms with E-state index in [2.05, 4.69) is 35.1 Å². The second-order valence-corrected chi connectivity index (χ2v) is 7.40. The molecule has 2 rings (SSSR count). The Morgan fingerprint density at radius 3 is 2.54 bits per heavy atom. The van der Waals surface area contributed by atoms with Crippen molar-refractivity contribution >= 4 is 5.97 Å². The van der Waals surface area contributed by atoms with Gasteiger partial charge >= 0.3 is 5.97 Å². The summed E-state index contributed by atoms with van der Waals surface area (Å²) in [7, 11) is 1.43. The molecule has 2 heterocycles. The van der Waals surface area contributed by atoms with Crippen LogP contribution in [0.15, 0.2) is 23.3 Å². The fourth-order valence-electron chi connectivity index (χ4n) is 3.72. The molecule has 0 bridgehead atoms. The number of hydrogen-bond donors (Lipinski definition) is 1. The van der Waals surface area contributed by atoms with E-state index >= 15 is 0 Å². The Labute approximate surface area is 170 Å². The van der Waals surface area contributed by atoms with Crippen LogP contribution in [0.5, 0.6) is 0 Å². The number of piperidine rings is 1. The fourth-order valence-corrected chi connectivity index (χ4v) is 3.72. The van der Waals surface area contributed by atoms with E-state index in [0.717, 1.165) is 70.6 Å². The standard InChI is InChI=1S/C23H36N2O3/c1-4-21(23(26)27-3)18-20(7-6-19-8-13-24-14-9-19)10-15-25(5-2)22-11-16-28-17-12-22/h10,18-19,22,24H,4-5,8-9,11-17H2,1-3H3/b20-10-,21-18+. The molecule has 2 aliphatic rings. The summed E-state index contributed by atoms with van der Waals surface area (Å²) in [6, 6.07) is 0.559. The molecule has 0 aromatic heterocycles. The minimum absolute atomic E-state index is 0.270. The second kappa shape index (κ2) is 12.8. The number of rotatable bonds is 7. The summed E-state index contributed by atoms with van der Waals surface area (Å²) in [5.41, 5.74) is 1.59. The van der Waals surface area contributed by atoms with Gasteiger partial charge in [0, 0.05) is 42.9 Å². The molecule has 2 aliphatic heterocycles. The quantitative estimate of drug-likeness (QED) is 0.315. The smallest absolute Gasteiger partial charge is 0.333 e. The third-order valence-corrected chi connectivity index (χ3v) is 5.58. The molecule has 0 aromatic carbocycles. The minimum atomic E-state index is -0.270. The van der Waals surface area contributed by atoms with Crippen LogP contribution in [0.2, 0.25) is 0 Å². The highest BCUT2D eigenvalue weighted by atomic mass is 16.5. The Balaban J connectivity index is 2.17. The Morgan fingerprint density at radius 1 is 1.21 bits per heavy atom. The van der Waals surface area contributed by atoms with Crippen LogP contribution in [0.3, 0.4) is 0 Å². The van der Waals surface area contributed by atoms with E-state index < -0.39 is 0 Å². The normalized spacial score (nSPS) is 20.0. The molecule has 5 heteroatoms. The summed E-state index contributed by atoms with van der Waals surface area (Å²) in [6.45, 7) is 9.76. The van der Waals surface area contributed by atoms with Crippen molar-refractivity contribution in [1.29, 1.82) is 0 Å². The maximum atomic E-state index is 12.0. The molecule has 0 radical (unpaired) electrons. The highest BCUT2D eigenvalue weighted by molar-refractivity contribution is 5.89. The number of esters is 1. The second-order valence-electron chi connectivity index (χ2n) is 7.40. The van der Waals surface area contributed by atoms with Crippen molar-refractivity contribution in [3.05, 3.63) is 23.3 Å². The SMILES string of the molecule is CC/C(=C\C(C#CC1CCNCC1)=C/CN(CC)C1CCOCC1)C(=O)OC. The summed E-state index contributed by atoms with van der Waals surface area (Å²) >= 11 is 0. The van der Waals surface area contributed by atoms with Crippen molar-refractivity contribution in [2.24, 2.45) is 5.92 Å². The van der Waals surface area contributed by atoms with Gasteiger partial charge in [0.1, 0.15) is 0 Å². The predicted molar refractivity (Wildman–Crippen MR) is 113 cm³/mol. The number of nitrogens with zero attached hydrogens (tertiary/aromatic N) is 1. The van der Waals surface area contributed by atoms with Crippen LogP contribution in [0.1, 0.15) is 46.0 Å². The number of allylic oxidation sites excluding steroid dienone is 2. The number of hydrogen-bond acceptors (Lipinski definition) is 5. The summed E-state index contributed by atoms with van der Waals surface area (Å²) in [6.07, 6.45) is 9.06. The van der Waals surface area contributed by atoms with Crippen molar-refractivity contribution in [2.75, 3.05) is 46.5 Å². The zero-order valence-corrected chi connectivity index (χ0v) is 17.8.